The molecular formula is C11H19N. The molecule has 1 nitrogen and oxygen atoms in total. The summed E-state index contributed by atoms with van der Waals surface area (Å²) in [5.41, 5.74) is 2.92. The quantitative estimate of drug-likeness (QED) is 0.620. The van der Waals surface area contributed by atoms with E-state index in [9.17, 15) is 0 Å². The highest BCUT2D eigenvalue weighted by Crippen LogP contribution is 2.25. The first-order valence-corrected chi connectivity index (χ1v) is 4.26. The third-order valence-electron chi connectivity index (χ3n) is 2.22. The smallest absolute Gasteiger partial charge is 0.0142 e. The summed E-state index contributed by atoms with van der Waals surface area (Å²) in [5, 5.41) is 3.27. The van der Waals surface area contributed by atoms with Crippen molar-refractivity contribution in [3.63, 3.8) is 0 Å². The van der Waals surface area contributed by atoms with Crippen LogP contribution in [0.4, 0.5) is 0 Å². The minimum atomic E-state index is 0.660. The van der Waals surface area contributed by atoms with Crippen molar-refractivity contribution in [3.05, 3.63) is 37.0 Å². The van der Waals surface area contributed by atoms with Crippen LogP contribution in [0.15, 0.2) is 37.0 Å². The fourth-order valence-corrected chi connectivity index (χ4v) is 1.47. The van der Waals surface area contributed by atoms with Crippen molar-refractivity contribution in [2.24, 2.45) is 0 Å². The molecule has 1 heteroatoms. The summed E-state index contributed by atoms with van der Waals surface area (Å²) < 4.78 is 0. The van der Waals surface area contributed by atoms with Crippen molar-refractivity contribution < 1.29 is 0 Å². The van der Waals surface area contributed by atoms with Gasteiger partial charge in [-0.25, -0.2) is 0 Å². The average Bonchev–Trinajstić information content (AvgIpc) is 2.49. The highest BCUT2D eigenvalue weighted by molar-refractivity contribution is 5.29. The van der Waals surface area contributed by atoms with Crippen molar-refractivity contribution in [2.75, 3.05) is 7.05 Å². The molecule has 68 valence electrons. The van der Waals surface area contributed by atoms with Crippen molar-refractivity contribution in [1.82, 2.24) is 5.32 Å². The Morgan fingerprint density at radius 3 is 2.25 bits per heavy atom. The Labute approximate surface area is 75.9 Å². The first-order valence-electron chi connectivity index (χ1n) is 4.26. The Hall–Kier alpha value is -0.820. The maximum absolute atomic E-state index is 3.78. The molecule has 0 aromatic carbocycles. The lowest BCUT2D eigenvalue weighted by Crippen LogP contribution is -2.21. The second-order valence-electron chi connectivity index (χ2n) is 2.90. The molecule has 12 heavy (non-hydrogen) atoms. The third kappa shape index (κ3) is 2.67. The first kappa shape index (κ1) is 11.2. The molecule has 1 rings (SSSR count). The fourth-order valence-electron chi connectivity index (χ4n) is 1.47. The fraction of sp³-hybridized carbons (Fsp3) is 0.455. The van der Waals surface area contributed by atoms with Crippen molar-refractivity contribution in [2.45, 2.75) is 25.8 Å². The van der Waals surface area contributed by atoms with E-state index in [2.05, 4.69) is 32.0 Å². The zero-order valence-corrected chi connectivity index (χ0v) is 8.19. The van der Waals surface area contributed by atoms with Gasteiger partial charge in [-0.3, -0.25) is 0 Å². The molecule has 0 aromatic rings. The monoisotopic (exact) mass is 165 g/mol. The van der Waals surface area contributed by atoms with E-state index in [1.807, 2.05) is 13.1 Å². The van der Waals surface area contributed by atoms with Gasteiger partial charge in [0.15, 0.2) is 0 Å². The molecule has 0 spiro atoms. The van der Waals surface area contributed by atoms with Crippen LogP contribution in [0.2, 0.25) is 0 Å². The second-order valence-corrected chi connectivity index (χ2v) is 2.90. The number of nitrogens with one attached hydrogen (secondary N) is 1. The standard InChI is InChI=1S/C9H15N.C2H4/c1-4-8-6-9(10-3)5-7(8)2;1-2/h4,9-10H,1,5-6H2,2-3H3;1-2H2. The molecule has 0 heterocycles. The minimum absolute atomic E-state index is 0.660. The highest BCUT2D eigenvalue weighted by atomic mass is 14.9. The summed E-state index contributed by atoms with van der Waals surface area (Å²) >= 11 is 0. The molecule has 0 amide bonds. The maximum Gasteiger partial charge on any atom is 0.0142 e. The van der Waals surface area contributed by atoms with Gasteiger partial charge in [0.2, 0.25) is 0 Å². The number of allylic oxidation sites excluding steroid dienone is 1. The van der Waals surface area contributed by atoms with E-state index in [1.54, 1.807) is 0 Å². The predicted octanol–water partition coefficient (Wildman–Crippen LogP) is 2.67. The second kappa shape index (κ2) is 5.78. The molecule has 0 aromatic heterocycles. The Kier molecular flexibility index (Phi) is 5.39. The van der Waals surface area contributed by atoms with Crippen LogP contribution in [0.1, 0.15) is 19.8 Å². The van der Waals surface area contributed by atoms with Crippen LogP contribution in [0, 0.1) is 0 Å². The van der Waals surface area contributed by atoms with Crippen LogP contribution in [0.25, 0.3) is 0 Å². The lowest BCUT2D eigenvalue weighted by atomic mass is 10.2. The lowest BCUT2D eigenvalue weighted by Gasteiger charge is -2.05. The van der Waals surface area contributed by atoms with Crippen LogP contribution >= 0.6 is 0 Å². The van der Waals surface area contributed by atoms with E-state index in [-0.39, 0.29) is 0 Å². The summed E-state index contributed by atoms with van der Waals surface area (Å²) in [4.78, 5) is 0. The molecule has 0 saturated heterocycles. The molecule has 0 bridgehead atoms. The summed E-state index contributed by atoms with van der Waals surface area (Å²) in [6, 6.07) is 0.660. The Morgan fingerprint density at radius 1 is 1.42 bits per heavy atom. The molecule has 1 aliphatic carbocycles. The van der Waals surface area contributed by atoms with E-state index in [1.165, 1.54) is 17.6 Å². The summed E-state index contributed by atoms with van der Waals surface area (Å²) in [6.45, 7) is 12.0. The number of rotatable bonds is 2. The molecule has 0 saturated carbocycles. The van der Waals surface area contributed by atoms with E-state index in [4.69, 9.17) is 0 Å². The normalized spacial score (nSPS) is 21.7. The molecule has 1 aliphatic rings. The Morgan fingerprint density at radius 2 is 2.00 bits per heavy atom. The van der Waals surface area contributed by atoms with E-state index in [0.29, 0.717) is 6.04 Å². The third-order valence-corrected chi connectivity index (χ3v) is 2.22. The molecule has 0 fully saturated rings. The van der Waals surface area contributed by atoms with Gasteiger partial charge in [0.05, 0.1) is 0 Å². The average molecular weight is 165 g/mol. The highest BCUT2D eigenvalue weighted by Gasteiger charge is 2.17. The van der Waals surface area contributed by atoms with Crippen LogP contribution < -0.4 is 5.32 Å². The predicted molar refractivity (Wildman–Crippen MR) is 56.2 cm³/mol. The van der Waals surface area contributed by atoms with Gasteiger partial charge in [0.1, 0.15) is 0 Å². The largest absolute Gasteiger partial charge is 0.316 e. The van der Waals surface area contributed by atoms with Gasteiger partial charge < -0.3 is 5.32 Å². The lowest BCUT2D eigenvalue weighted by molar-refractivity contribution is 0.590. The topological polar surface area (TPSA) is 12.0 Å². The van der Waals surface area contributed by atoms with Gasteiger partial charge in [-0.05, 0) is 32.4 Å². The SMILES string of the molecule is C=C.C=CC1=C(C)CC(NC)C1. The van der Waals surface area contributed by atoms with Crippen LogP contribution in [0.3, 0.4) is 0 Å². The van der Waals surface area contributed by atoms with E-state index >= 15 is 0 Å². The van der Waals surface area contributed by atoms with Gasteiger partial charge in [0.25, 0.3) is 0 Å². The van der Waals surface area contributed by atoms with E-state index in [0.717, 1.165) is 6.42 Å². The van der Waals surface area contributed by atoms with Gasteiger partial charge in [-0.15, -0.1) is 13.2 Å². The van der Waals surface area contributed by atoms with Crippen molar-refractivity contribution >= 4 is 0 Å². The van der Waals surface area contributed by atoms with Crippen LogP contribution in [-0.2, 0) is 0 Å². The molecule has 1 N–H and O–H groups in total. The van der Waals surface area contributed by atoms with Crippen molar-refractivity contribution in [3.8, 4) is 0 Å². The molecule has 1 unspecified atom stereocenters. The number of hydrogen-bond acceptors (Lipinski definition) is 1. The zero-order chi connectivity index (χ0) is 9.56. The molecule has 0 aliphatic heterocycles. The summed E-state index contributed by atoms with van der Waals surface area (Å²) in [5.74, 6) is 0. The Bertz CT molecular complexity index is 179. The minimum Gasteiger partial charge on any atom is -0.316 e. The first-order chi connectivity index (χ1) is 5.77. The molecule has 0 radical (unpaired) electrons. The van der Waals surface area contributed by atoms with Crippen molar-refractivity contribution in [1.29, 1.82) is 0 Å². The summed E-state index contributed by atoms with van der Waals surface area (Å²) in [7, 11) is 2.02. The van der Waals surface area contributed by atoms with Crippen LogP contribution in [0.5, 0.6) is 0 Å². The number of hydrogen-bond donors (Lipinski definition) is 1. The maximum atomic E-state index is 3.78. The van der Waals surface area contributed by atoms with Gasteiger partial charge in [-0.2, -0.15) is 0 Å². The Balaban J connectivity index is 0.000000561. The van der Waals surface area contributed by atoms with E-state index < -0.39 is 0 Å². The van der Waals surface area contributed by atoms with Gasteiger partial charge in [0, 0.05) is 6.04 Å². The van der Waals surface area contributed by atoms with Crippen LogP contribution in [-0.4, -0.2) is 13.1 Å². The molecular weight excluding hydrogens is 146 g/mol. The summed E-state index contributed by atoms with van der Waals surface area (Å²) in [6.07, 6.45) is 4.33. The van der Waals surface area contributed by atoms with Gasteiger partial charge >= 0.3 is 0 Å². The zero-order valence-electron chi connectivity index (χ0n) is 8.19. The molecule has 1 atom stereocenters. The van der Waals surface area contributed by atoms with Gasteiger partial charge in [-0.1, -0.05) is 18.2 Å².